The lowest BCUT2D eigenvalue weighted by atomic mass is 10.1. The van der Waals surface area contributed by atoms with Crippen LogP contribution in [0.1, 0.15) is 31.4 Å². The van der Waals surface area contributed by atoms with E-state index in [9.17, 15) is 4.79 Å². The Morgan fingerprint density at radius 2 is 2.20 bits per heavy atom. The standard InChI is InChI=1S/C15H25N3O2/c1-20-12-11-18(13-14-7-4-6-10-17-14)15(19)8-3-2-5-9-16/h4,6-7,10H,2-3,5,8-9,11-13,16H2,1H3. The molecule has 0 bridgehead atoms. The van der Waals surface area contributed by atoms with Gasteiger partial charge in [-0.05, 0) is 31.5 Å². The van der Waals surface area contributed by atoms with Gasteiger partial charge in [0.1, 0.15) is 0 Å². The lowest BCUT2D eigenvalue weighted by Crippen LogP contribution is -2.33. The molecule has 20 heavy (non-hydrogen) atoms. The third-order valence-corrected chi connectivity index (χ3v) is 3.09. The fourth-order valence-corrected chi connectivity index (χ4v) is 1.94. The van der Waals surface area contributed by atoms with E-state index < -0.39 is 0 Å². The number of carbonyl (C=O) groups is 1. The van der Waals surface area contributed by atoms with Gasteiger partial charge < -0.3 is 15.4 Å². The fraction of sp³-hybridized carbons (Fsp3) is 0.600. The number of rotatable bonds is 10. The minimum atomic E-state index is 0.157. The van der Waals surface area contributed by atoms with Crippen molar-refractivity contribution in [1.82, 2.24) is 9.88 Å². The molecule has 1 heterocycles. The number of aromatic nitrogens is 1. The first kappa shape index (κ1) is 16.6. The highest BCUT2D eigenvalue weighted by atomic mass is 16.5. The van der Waals surface area contributed by atoms with Gasteiger partial charge in [0.25, 0.3) is 0 Å². The third-order valence-electron chi connectivity index (χ3n) is 3.09. The molecule has 0 saturated carbocycles. The smallest absolute Gasteiger partial charge is 0.222 e. The van der Waals surface area contributed by atoms with Crippen LogP contribution in [-0.4, -0.2) is 42.6 Å². The summed E-state index contributed by atoms with van der Waals surface area (Å²) < 4.78 is 5.07. The Kier molecular flexibility index (Phi) is 8.58. The Morgan fingerprint density at radius 1 is 1.35 bits per heavy atom. The molecule has 1 rings (SSSR count). The van der Waals surface area contributed by atoms with Crippen molar-refractivity contribution < 1.29 is 9.53 Å². The van der Waals surface area contributed by atoms with Crippen LogP contribution < -0.4 is 5.73 Å². The van der Waals surface area contributed by atoms with Crippen LogP contribution in [0.2, 0.25) is 0 Å². The number of hydrogen-bond acceptors (Lipinski definition) is 4. The maximum absolute atomic E-state index is 12.2. The van der Waals surface area contributed by atoms with Gasteiger partial charge >= 0.3 is 0 Å². The van der Waals surface area contributed by atoms with Crippen molar-refractivity contribution in [3.63, 3.8) is 0 Å². The summed E-state index contributed by atoms with van der Waals surface area (Å²) in [7, 11) is 1.64. The molecule has 0 radical (unpaired) electrons. The summed E-state index contributed by atoms with van der Waals surface area (Å²) in [5, 5.41) is 0. The third kappa shape index (κ3) is 6.63. The quantitative estimate of drug-likeness (QED) is 0.660. The number of ether oxygens (including phenoxy) is 1. The molecule has 112 valence electrons. The molecule has 0 aliphatic rings. The lowest BCUT2D eigenvalue weighted by Gasteiger charge is -2.22. The Hall–Kier alpha value is -1.46. The number of carbonyl (C=O) groups excluding carboxylic acids is 1. The monoisotopic (exact) mass is 279 g/mol. The molecule has 0 saturated heterocycles. The first-order valence-electron chi connectivity index (χ1n) is 7.14. The van der Waals surface area contributed by atoms with Crippen molar-refractivity contribution in [3.8, 4) is 0 Å². The van der Waals surface area contributed by atoms with Crippen molar-refractivity contribution in [2.24, 2.45) is 5.73 Å². The maximum atomic E-state index is 12.2. The highest BCUT2D eigenvalue weighted by molar-refractivity contribution is 5.76. The second-order valence-corrected chi connectivity index (χ2v) is 4.73. The van der Waals surface area contributed by atoms with Crippen molar-refractivity contribution in [3.05, 3.63) is 30.1 Å². The summed E-state index contributed by atoms with van der Waals surface area (Å²) in [6.45, 7) is 2.37. The van der Waals surface area contributed by atoms with Crippen LogP contribution in [0, 0.1) is 0 Å². The molecular formula is C15H25N3O2. The number of unbranched alkanes of at least 4 members (excludes halogenated alkanes) is 2. The summed E-state index contributed by atoms with van der Waals surface area (Å²) in [6.07, 6.45) is 5.18. The largest absolute Gasteiger partial charge is 0.383 e. The van der Waals surface area contributed by atoms with Crippen LogP contribution in [0.3, 0.4) is 0 Å². The van der Waals surface area contributed by atoms with Gasteiger partial charge in [-0.3, -0.25) is 9.78 Å². The van der Waals surface area contributed by atoms with E-state index in [1.807, 2.05) is 23.1 Å². The average molecular weight is 279 g/mol. The van der Waals surface area contributed by atoms with Crippen LogP contribution in [-0.2, 0) is 16.1 Å². The zero-order valence-corrected chi connectivity index (χ0v) is 12.3. The summed E-state index contributed by atoms with van der Waals surface area (Å²) >= 11 is 0. The van der Waals surface area contributed by atoms with Crippen LogP contribution in [0.15, 0.2) is 24.4 Å². The number of methoxy groups -OCH3 is 1. The molecule has 5 nitrogen and oxygen atoms in total. The van der Waals surface area contributed by atoms with E-state index in [1.165, 1.54) is 0 Å². The molecule has 0 unspecified atom stereocenters. The highest BCUT2D eigenvalue weighted by Crippen LogP contribution is 2.07. The summed E-state index contributed by atoms with van der Waals surface area (Å²) in [5.74, 6) is 0.157. The number of amides is 1. The SMILES string of the molecule is COCCN(Cc1ccccn1)C(=O)CCCCCN. The Balaban J connectivity index is 2.47. The molecule has 1 amide bonds. The zero-order valence-electron chi connectivity index (χ0n) is 12.3. The van der Waals surface area contributed by atoms with Crippen LogP contribution in [0.25, 0.3) is 0 Å². The lowest BCUT2D eigenvalue weighted by molar-refractivity contribution is -0.132. The van der Waals surface area contributed by atoms with Gasteiger partial charge in [0.2, 0.25) is 5.91 Å². The molecule has 0 aromatic carbocycles. The van der Waals surface area contributed by atoms with E-state index in [0.29, 0.717) is 32.7 Å². The van der Waals surface area contributed by atoms with E-state index in [-0.39, 0.29) is 5.91 Å². The Bertz CT molecular complexity index is 371. The van der Waals surface area contributed by atoms with Crippen molar-refractivity contribution in [1.29, 1.82) is 0 Å². The first-order valence-corrected chi connectivity index (χ1v) is 7.14. The number of hydrogen-bond donors (Lipinski definition) is 1. The van der Waals surface area contributed by atoms with Crippen molar-refractivity contribution in [2.75, 3.05) is 26.8 Å². The number of nitrogens with two attached hydrogens (primary N) is 1. The number of pyridine rings is 1. The summed E-state index contributed by atoms with van der Waals surface area (Å²) in [6, 6.07) is 5.74. The van der Waals surface area contributed by atoms with Crippen molar-refractivity contribution >= 4 is 5.91 Å². The second kappa shape index (κ2) is 10.3. The molecule has 5 heteroatoms. The fourth-order valence-electron chi connectivity index (χ4n) is 1.94. The molecule has 0 atom stereocenters. The predicted molar refractivity (Wildman–Crippen MR) is 79.1 cm³/mol. The second-order valence-electron chi connectivity index (χ2n) is 4.73. The van der Waals surface area contributed by atoms with E-state index in [1.54, 1.807) is 13.3 Å². The van der Waals surface area contributed by atoms with E-state index in [2.05, 4.69) is 4.98 Å². The van der Waals surface area contributed by atoms with Gasteiger partial charge in [0.05, 0.1) is 18.8 Å². The molecule has 0 aliphatic carbocycles. The molecule has 2 N–H and O–H groups in total. The molecule has 0 fully saturated rings. The van der Waals surface area contributed by atoms with E-state index in [0.717, 1.165) is 25.0 Å². The Morgan fingerprint density at radius 3 is 2.85 bits per heavy atom. The zero-order chi connectivity index (χ0) is 14.6. The van der Waals surface area contributed by atoms with Crippen LogP contribution in [0.4, 0.5) is 0 Å². The average Bonchev–Trinajstić information content (AvgIpc) is 2.48. The predicted octanol–water partition coefficient (Wildman–Crippen LogP) is 1.58. The van der Waals surface area contributed by atoms with Crippen LogP contribution >= 0.6 is 0 Å². The van der Waals surface area contributed by atoms with Crippen LogP contribution in [0.5, 0.6) is 0 Å². The van der Waals surface area contributed by atoms with E-state index >= 15 is 0 Å². The van der Waals surface area contributed by atoms with Gasteiger partial charge in [0.15, 0.2) is 0 Å². The topological polar surface area (TPSA) is 68.5 Å². The first-order chi connectivity index (χ1) is 9.77. The molecule has 0 aliphatic heterocycles. The highest BCUT2D eigenvalue weighted by Gasteiger charge is 2.13. The minimum Gasteiger partial charge on any atom is -0.383 e. The van der Waals surface area contributed by atoms with E-state index in [4.69, 9.17) is 10.5 Å². The Labute approximate surface area is 121 Å². The number of nitrogens with zero attached hydrogens (tertiary/aromatic N) is 2. The molecule has 1 aromatic heterocycles. The van der Waals surface area contributed by atoms with Gasteiger partial charge in [-0.15, -0.1) is 0 Å². The normalized spacial score (nSPS) is 10.5. The molecule has 0 spiro atoms. The van der Waals surface area contributed by atoms with Gasteiger partial charge in [0, 0.05) is 26.3 Å². The van der Waals surface area contributed by atoms with Crippen molar-refractivity contribution in [2.45, 2.75) is 32.2 Å². The minimum absolute atomic E-state index is 0.157. The molecule has 1 aromatic rings. The van der Waals surface area contributed by atoms with Gasteiger partial charge in [-0.25, -0.2) is 0 Å². The summed E-state index contributed by atoms with van der Waals surface area (Å²) in [4.78, 5) is 18.3. The molecular weight excluding hydrogens is 254 g/mol. The summed E-state index contributed by atoms with van der Waals surface area (Å²) in [5.41, 5.74) is 6.35. The maximum Gasteiger partial charge on any atom is 0.222 e. The van der Waals surface area contributed by atoms with Gasteiger partial charge in [-0.1, -0.05) is 12.5 Å². The van der Waals surface area contributed by atoms with Gasteiger partial charge in [-0.2, -0.15) is 0 Å².